The molecule has 78 valence electrons. The number of pyridine rings is 1. The lowest BCUT2D eigenvalue weighted by Gasteiger charge is -2.10. The second kappa shape index (κ2) is 5.54. The zero-order chi connectivity index (χ0) is 10.4. The van der Waals surface area contributed by atoms with Gasteiger partial charge < -0.3 is 9.64 Å². The molecule has 0 radical (unpaired) electrons. The molecule has 0 aromatic carbocycles. The van der Waals surface area contributed by atoms with Crippen molar-refractivity contribution in [3.63, 3.8) is 0 Å². The average Bonchev–Trinajstić information content (AvgIpc) is 2.15. The van der Waals surface area contributed by atoms with Gasteiger partial charge in [0.05, 0.1) is 6.61 Å². The fourth-order valence-corrected chi connectivity index (χ4v) is 1.04. The molecule has 0 amide bonds. The van der Waals surface area contributed by atoms with Crippen LogP contribution in [0.5, 0.6) is 5.75 Å². The van der Waals surface area contributed by atoms with Gasteiger partial charge in [0.2, 0.25) is 0 Å². The van der Waals surface area contributed by atoms with E-state index in [1.807, 2.05) is 14.1 Å². The standard InChI is InChI=1S/C10H15FN2O/c1-13(2)7-4-8-14-9-5-3-6-12-10(9)11/h3,5-6H,4,7-8H2,1-2H3. The Bertz CT molecular complexity index is 279. The average molecular weight is 198 g/mol. The van der Waals surface area contributed by atoms with Gasteiger partial charge in [-0.15, -0.1) is 0 Å². The van der Waals surface area contributed by atoms with Crippen LogP contribution >= 0.6 is 0 Å². The van der Waals surface area contributed by atoms with Crippen LogP contribution in [0, 0.1) is 5.95 Å². The fraction of sp³-hybridized carbons (Fsp3) is 0.500. The van der Waals surface area contributed by atoms with Crippen LogP contribution in [-0.2, 0) is 0 Å². The lowest BCUT2D eigenvalue weighted by Crippen LogP contribution is -2.15. The van der Waals surface area contributed by atoms with Crippen molar-refractivity contribution in [2.75, 3.05) is 27.2 Å². The van der Waals surface area contributed by atoms with E-state index in [-0.39, 0.29) is 5.75 Å². The van der Waals surface area contributed by atoms with Crippen LogP contribution < -0.4 is 4.74 Å². The molecule has 1 rings (SSSR count). The number of nitrogens with zero attached hydrogens (tertiary/aromatic N) is 2. The molecule has 0 spiro atoms. The summed E-state index contributed by atoms with van der Waals surface area (Å²) in [6.45, 7) is 1.45. The highest BCUT2D eigenvalue weighted by Crippen LogP contribution is 2.12. The molecule has 1 heterocycles. The number of aromatic nitrogens is 1. The Morgan fingerprint density at radius 2 is 2.29 bits per heavy atom. The molecule has 4 heteroatoms. The molecule has 1 aromatic rings. The molecule has 0 atom stereocenters. The lowest BCUT2D eigenvalue weighted by molar-refractivity contribution is 0.268. The van der Waals surface area contributed by atoms with Crippen molar-refractivity contribution in [3.8, 4) is 5.75 Å². The molecule has 0 N–H and O–H groups in total. The Kier molecular flexibility index (Phi) is 4.32. The first-order valence-corrected chi connectivity index (χ1v) is 4.58. The number of hydrogen-bond donors (Lipinski definition) is 0. The molecule has 3 nitrogen and oxygen atoms in total. The number of hydrogen-bond acceptors (Lipinski definition) is 3. The predicted molar refractivity (Wildman–Crippen MR) is 52.9 cm³/mol. The summed E-state index contributed by atoms with van der Waals surface area (Å²) < 4.78 is 18.2. The lowest BCUT2D eigenvalue weighted by atomic mass is 10.4. The van der Waals surface area contributed by atoms with Crippen LogP contribution in [0.3, 0.4) is 0 Å². The molecule has 1 aromatic heterocycles. The van der Waals surface area contributed by atoms with E-state index in [9.17, 15) is 4.39 Å². The summed E-state index contributed by atoms with van der Waals surface area (Å²) in [6.07, 6.45) is 2.28. The van der Waals surface area contributed by atoms with Gasteiger partial charge in [0.1, 0.15) is 0 Å². The molecular weight excluding hydrogens is 183 g/mol. The van der Waals surface area contributed by atoms with E-state index in [0.29, 0.717) is 6.61 Å². The minimum absolute atomic E-state index is 0.228. The maximum absolute atomic E-state index is 12.9. The van der Waals surface area contributed by atoms with Crippen LogP contribution in [0.15, 0.2) is 18.3 Å². The summed E-state index contributed by atoms with van der Waals surface area (Å²) >= 11 is 0. The molecule has 0 saturated heterocycles. The highest BCUT2D eigenvalue weighted by atomic mass is 19.1. The van der Waals surface area contributed by atoms with Crippen LogP contribution in [-0.4, -0.2) is 37.1 Å². The van der Waals surface area contributed by atoms with E-state index in [2.05, 4.69) is 9.88 Å². The highest BCUT2D eigenvalue weighted by Gasteiger charge is 2.01. The highest BCUT2D eigenvalue weighted by molar-refractivity contribution is 5.17. The molecule has 0 aliphatic heterocycles. The van der Waals surface area contributed by atoms with Crippen LogP contribution in [0.25, 0.3) is 0 Å². The Hall–Kier alpha value is -1.16. The largest absolute Gasteiger partial charge is 0.489 e. The van der Waals surface area contributed by atoms with E-state index in [1.54, 1.807) is 12.1 Å². The van der Waals surface area contributed by atoms with Gasteiger partial charge in [-0.3, -0.25) is 0 Å². The number of rotatable bonds is 5. The third-order valence-corrected chi connectivity index (χ3v) is 1.73. The summed E-state index contributed by atoms with van der Waals surface area (Å²) in [5, 5.41) is 0. The monoisotopic (exact) mass is 198 g/mol. The van der Waals surface area contributed by atoms with Gasteiger partial charge in [-0.05, 0) is 32.6 Å². The SMILES string of the molecule is CN(C)CCCOc1cccnc1F. The first kappa shape index (κ1) is 10.9. The minimum Gasteiger partial charge on any atom is -0.489 e. The zero-order valence-electron chi connectivity index (χ0n) is 8.53. The summed E-state index contributed by atoms with van der Waals surface area (Å²) in [5.41, 5.74) is 0. The van der Waals surface area contributed by atoms with Crippen molar-refractivity contribution in [1.82, 2.24) is 9.88 Å². The fourth-order valence-electron chi connectivity index (χ4n) is 1.04. The third-order valence-electron chi connectivity index (χ3n) is 1.73. The summed E-state index contributed by atoms with van der Waals surface area (Å²) in [7, 11) is 3.98. The number of halogens is 1. The van der Waals surface area contributed by atoms with Crippen molar-refractivity contribution in [2.45, 2.75) is 6.42 Å². The van der Waals surface area contributed by atoms with Gasteiger partial charge in [-0.1, -0.05) is 0 Å². The van der Waals surface area contributed by atoms with Crippen molar-refractivity contribution in [2.24, 2.45) is 0 Å². The Morgan fingerprint density at radius 3 is 2.93 bits per heavy atom. The second-order valence-electron chi connectivity index (χ2n) is 3.30. The van der Waals surface area contributed by atoms with E-state index in [4.69, 9.17) is 4.74 Å². The van der Waals surface area contributed by atoms with Crippen molar-refractivity contribution in [3.05, 3.63) is 24.3 Å². The van der Waals surface area contributed by atoms with Gasteiger partial charge in [0.25, 0.3) is 5.95 Å². The van der Waals surface area contributed by atoms with Crippen molar-refractivity contribution < 1.29 is 9.13 Å². The molecule has 0 bridgehead atoms. The molecule has 0 saturated carbocycles. The summed E-state index contributed by atoms with van der Waals surface area (Å²) in [4.78, 5) is 5.55. The molecule has 0 aliphatic rings. The molecular formula is C10H15FN2O. The quantitative estimate of drug-likeness (QED) is 0.530. The van der Waals surface area contributed by atoms with E-state index >= 15 is 0 Å². The molecule has 0 aliphatic carbocycles. The minimum atomic E-state index is -0.544. The van der Waals surface area contributed by atoms with Gasteiger partial charge in [-0.2, -0.15) is 4.39 Å². The Balaban J connectivity index is 2.28. The Morgan fingerprint density at radius 1 is 1.50 bits per heavy atom. The third kappa shape index (κ3) is 3.70. The molecule has 0 fully saturated rings. The molecule has 14 heavy (non-hydrogen) atoms. The maximum Gasteiger partial charge on any atom is 0.255 e. The smallest absolute Gasteiger partial charge is 0.255 e. The van der Waals surface area contributed by atoms with Crippen LogP contribution in [0.2, 0.25) is 0 Å². The number of ether oxygens (including phenoxy) is 1. The van der Waals surface area contributed by atoms with Gasteiger partial charge in [0.15, 0.2) is 5.75 Å². The summed E-state index contributed by atoms with van der Waals surface area (Å²) in [5.74, 6) is -0.316. The Labute approximate surface area is 83.5 Å². The second-order valence-corrected chi connectivity index (χ2v) is 3.30. The zero-order valence-corrected chi connectivity index (χ0v) is 8.53. The van der Waals surface area contributed by atoms with Gasteiger partial charge in [0, 0.05) is 12.7 Å². The predicted octanol–water partition coefficient (Wildman–Crippen LogP) is 1.55. The van der Waals surface area contributed by atoms with E-state index in [0.717, 1.165) is 13.0 Å². The van der Waals surface area contributed by atoms with E-state index < -0.39 is 5.95 Å². The summed E-state index contributed by atoms with van der Waals surface area (Å²) in [6, 6.07) is 3.24. The van der Waals surface area contributed by atoms with Gasteiger partial charge >= 0.3 is 0 Å². The first-order chi connectivity index (χ1) is 6.70. The van der Waals surface area contributed by atoms with Crippen LogP contribution in [0.1, 0.15) is 6.42 Å². The maximum atomic E-state index is 12.9. The topological polar surface area (TPSA) is 25.4 Å². The van der Waals surface area contributed by atoms with Crippen molar-refractivity contribution in [1.29, 1.82) is 0 Å². The van der Waals surface area contributed by atoms with Crippen LogP contribution in [0.4, 0.5) is 4.39 Å². The van der Waals surface area contributed by atoms with E-state index in [1.165, 1.54) is 6.20 Å². The van der Waals surface area contributed by atoms with Gasteiger partial charge in [-0.25, -0.2) is 4.98 Å². The van der Waals surface area contributed by atoms with Crippen molar-refractivity contribution >= 4 is 0 Å². The molecule has 0 unspecified atom stereocenters. The normalized spacial score (nSPS) is 10.6. The first-order valence-electron chi connectivity index (χ1n) is 4.58.